The first-order valence-electron chi connectivity index (χ1n) is 6.39. The van der Waals surface area contributed by atoms with Crippen LogP contribution in [0.4, 0.5) is 0 Å². The van der Waals surface area contributed by atoms with Gasteiger partial charge in [0.25, 0.3) is 0 Å². The fourth-order valence-corrected chi connectivity index (χ4v) is 2.70. The van der Waals surface area contributed by atoms with Crippen LogP contribution in [-0.4, -0.2) is 42.8 Å². The number of hydrogen-bond donors (Lipinski definition) is 1. The second-order valence-corrected chi connectivity index (χ2v) is 4.79. The normalized spacial score (nSPS) is 29.7. The Morgan fingerprint density at radius 3 is 2.82 bits per heavy atom. The Bertz CT molecular complexity index is 240. The predicted molar refractivity (Wildman–Crippen MR) is 68.7 cm³/mol. The van der Waals surface area contributed by atoms with E-state index in [0.29, 0.717) is 12.3 Å². The van der Waals surface area contributed by atoms with E-state index in [9.17, 15) is 4.79 Å². The van der Waals surface area contributed by atoms with Gasteiger partial charge >= 0.3 is 0 Å². The highest BCUT2D eigenvalue weighted by Crippen LogP contribution is 2.25. The molecule has 0 spiro atoms. The Morgan fingerprint density at radius 2 is 2.18 bits per heavy atom. The third-order valence-corrected chi connectivity index (χ3v) is 3.53. The Kier molecular flexibility index (Phi) is 5.92. The summed E-state index contributed by atoms with van der Waals surface area (Å²) >= 11 is 0. The van der Waals surface area contributed by atoms with Crippen molar-refractivity contribution < 1.29 is 9.53 Å². The van der Waals surface area contributed by atoms with Crippen LogP contribution in [0.25, 0.3) is 0 Å². The summed E-state index contributed by atoms with van der Waals surface area (Å²) in [6.45, 7) is 4.37. The molecule has 0 bridgehead atoms. The molecule has 0 aliphatic carbocycles. The molecule has 2 aliphatic heterocycles. The van der Waals surface area contributed by atoms with Crippen LogP contribution in [0.3, 0.4) is 0 Å². The summed E-state index contributed by atoms with van der Waals surface area (Å²) in [5.41, 5.74) is 0. The predicted octanol–water partition coefficient (Wildman–Crippen LogP) is 1.75. The number of amides is 1. The molecule has 100 valence electrons. The zero-order chi connectivity index (χ0) is 11.4. The molecule has 4 nitrogen and oxygen atoms in total. The molecule has 1 N–H and O–H groups in total. The van der Waals surface area contributed by atoms with Crippen molar-refractivity contribution in [1.82, 2.24) is 10.2 Å². The third kappa shape index (κ3) is 3.96. The Balaban J connectivity index is 0.00000144. The van der Waals surface area contributed by atoms with Crippen LogP contribution >= 0.6 is 0 Å². The Labute approximate surface area is 105 Å². The monoisotopic (exact) mass is 242 g/mol. The van der Waals surface area contributed by atoms with E-state index in [1.807, 2.05) is 0 Å². The first kappa shape index (κ1) is 14.5. The van der Waals surface area contributed by atoms with Crippen molar-refractivity contribution in [1.29, 1.82) is 0 Å². The van der Waals surface area contributed by atoms with Gasteiger partial charge in [0.05, 0.1) is 0 Å². The maximum Gasteiger partial charge on any atom is 0.216 e. The van der Waals surface area contributed by atoms with Crippen molar-refractivity contribution >= 4 is 5.91 Å². The lowest BCUT2D eigenvalue weighted by atomic mass is 10.1. The van der Waals surface area contributed by atoms with Crippen molar-refractivity contribution in [2.24, 2.45) is 0 Å². The Hall–Kier alpha value is -0.610. The van der Waals surface area contributed by atoms with Gasteiger partial charge in [0.1, 0.15) is 6.23 Å². The van der Waals surface area contributed by atoms with Crippen molar-refractivity contribution in [2.75, 3.05) is 19.7 Å². The first-order chi connectivity index (χ1) is 7.77. The van der Waals surface area contributed by atoms with Gasteiger partial charge in [-0.25, -0.2) is 0 Å². The molecule has 1 amide bonds. The lowest BCUT2D eigenvalue weighted by Crippen LogP contribution is -2.47. The van der Waals surface area contributed by atoms with Crippen LogP contribution < -0.4 is 5.32 Å². The highest BCUT2D eigenvalue weighted by Gasteiger charge is 2.31. The maximum absolute atomic E-state index is 10.9. The van der Waals surface area contributed by atoms with Gasteiger partial charge < -0.3 is 10.1 Å². The van der Waals surface area contributed by atoms with Crippen LogP contribution in [0.2, 0.25) is 0 Å². The van der Waals surface area contributed by atoms with Crippen LogP contribution in [-0.2, 0) is 9.53 Å². The van der Waals surface area contributed by atoms with E-state index in [1.54, 1.807) is 6.92 Å². The van der Waals surface area contributed by atoms with Gasteiger partial charge in [-0.05, 0) is 32.1 Å². The molecule has 2 aliphatic rings. The van der Waals surface area contributed by atoms with Gasteiger partial charge in [-0.1, -0.05) is 7.43 Å². The van der Waals surface area contributed by atoms with Gasteiger partial charge in [-0.2, -0.15) is 0 Å². The molecule has 0 aromatic heterocycles. The topological polar surface area (TPSA) is 41.6 Å². The molecule has 2 heterocycles. The van der Waals surface area contributed by atoms with Gasteiger partial charge in [0.15, 0.2) is 0 Å². The summed E-state index contributed by atoms with van der Waals surface area (Å²) in [7, 11) is 0. The summed E-state index contributed by atoms with van der Waals surface area (Å²) in [6.07, 6.45) is 6.32. The van der Waals surface area contributed by atoms with Crippen LogP contribution in [0.5, 0.6) is 0 Å². The quantitative estimate of drug-likeness (QED) is 0.820. The number of ether oxygens (including phenoxy) is 1. The van der Waals surface area contributed by atoms with Crippen molar-refractivity contribution in [3.05, 3.63) is 0 Å². The molecule has 0 aromatic rings. The summed E-state index contributed by atoms with van der Waals surface area (Å²) in [5, 5.41) is 2.92. The van der Waals surface area contributed by atoms with Crippen molar-refractivity contribution in [3.63, 3.8) is 0 Å². The molecule has 2 saturated heterocycles. The standard InChI is InChI=1S/C12H22N2O2.CH4/c1-10(15)13-9-11-5-4-7-14(11)12-6-2-3-8-16-12;/h11-12H,2-9H2,1H3,(H,13,15);1H4. The number of carbonyl (C=O) groups is 1. The molecule has 17 heavy (non-hydrogen) atoms. The first-order valence-corrected chi connectivity index (χ1v) is 6.39. The lowest BCUT2D eigenvalue weighted by Gasteiger charge is -2.35. The summed E-state index contributed by atoms with van der Waals surface area (Å²) in [4.78, 5) is 13.4. The van der Waals surface area contributed by atoms with Gasteiger partial charge in [0, 0.05) is 32.7 Å². The molecular weight excluding hydrogens is 216 g/mol. The van der Waals surface area contributed by atoms with Crippen LogP contribution in [0, 0.1) is 0 Å². The number of likely N-dealkylation sites (tertiary alicyclic amines) is 1. The average molecular weight is 242 g/mol. The number of carbonyl (C=O) groups excluding carboxylic acids is 1. The van der Waals surface area contributed by atoms with Gasteiger partial charge in [-0.15, -0.1) is 0 Å². The van der Waals surface area contributed by atoms with Crippen molar-refractivity contribution in [2.45, 2.75) is 58.7 Å². The molecule has 2 fully saturated rings. The molecular formula is C13H26N2O2. The second-order valence-electron chi connectivity index (χ2n) is 4.79. The fourth-order valence-electron chi connectivity index (χ4n) is 2.70. The van der Waals surface area contributed by atoms with Gasteiger partial charge in [-0.3, -0.25) is 9.69 Å². The molecule has 0 saturated carbocycles. The summed E-state index contributed by atoms with van der Waals surface area (Å²) < 4.78 is 5.81. The van der Waals surface area contributed by atoms with Crippen LogP contribution in [0.1, 0.15) is 46.5 Å². The maximum atomic E-state index is 10.9. The van der Waals surface area contributed by atoms with Crippen LogP contribution in [0.15, 0.2) is 0 Å². The van der Waals surface area contributed by atoms with E-state index < -0.39 is 0 Å². The smallest absolute Gasteiger partial charge is 0.216 e. The molecule has 0 radical (unpaired) electrons. The van der Waals surface area contributed by atoms with E-state index >= 15 is 0 Å². The molecule has 2 atom stereocenters. The number of rotatable bonds is 3. The molecule has 4 heteroatoms. The van der Waals surface area contributed by atoms with E-state index in [1.165, 1.54) is 25.7 Å². The Morgan fingerprint density at radius 1 is 1.35 bits per heavy atom. The highest BCUT2D eigenvalue weighted by atomic mass is 16.5. The highest BCUT2D eigenvalue weighted by molar-refractivity contribution is 5.72. The minimum Gasteiger partial charge on any atom is -0.363 e. The fraction of sp³-hybridized carbons (Fsp3) is 0.923. The largest absolute Gasteiger partial charge is 0.363 e. The van der Waals surface area contributed by atoms with Gasteiger partial charge in [0.2, 0.25) is 5.91 Å². The molecule has 2 unspecified atom stereocenters. The van der Waals surface area contributed by atoms with E-state index in [0.717, 1.165) is 26.1 Å². The summed E-state index contributed by atoms with van der Waals surface area (Å²) in [6, 6.07) is 0.479. The SMILES string of the molecule is C.CC(=O)NCC1CCCN1C1CCCCO1. The number of nitrogens with zero attached hydrogens (tertiary/aromatic N) is 1. The number of hydrogen-bond acceptors (Lipinski definition) is 3. The number of nitrogens with one attached hydrogen (secondary N) is 1. The minimum atomic E-state index is 0. The van der Waals surface area contributed by atoms with Crippen molar-refractivity contribution in [3.8, 4) is 0 Å². The zero-order valence-corrected chi connectivity index (χ0v) is 10.1. The third-order valence-electron chi connectivity index (χ3n) is 3.53. The average Bonchev–Trinajstić information content (AvgIpc) is 2.75. The molecule has 2 rings (SSSR count). The lowest BCUT2D eigenvalue weighted by molar-refractivity contribution is -0.120. The zero-order valence-electron chi connectivity index (χ0n) is 10.1. The minimum absolute atomic E-state index is 0. The van der Waals surface area contributed by atoms with E-state index in [4.69, 9.17) is 4.74 Å². The second kappa shape index (κ2) is 6.97. The molecule has 0 aromatic carbocycles. The summed E-state index contributed by atoms with van der Waals surface area (Å²) in [5.74, 6) is 0.0661. The van der Waals surface area contributed by atoms with E-state index in [-0.39, 0.29) is 13.3 Å². The van der Waals surface area contributed by atoms with E-state index in [2.05, 4.69) is 10.2 Å².